The summed E-state index contributed by atoms with van der Waals surface area (Å²) in [5.41, 5.74) is -0.227. The van der Waals surface area contributed by atoms with Gasteiger partial charge in [0.05, 0.1) is 17.3 Å². The van der Waals surface area contributed by atoms with Gasteiger partial charge < -0.3 is 19.7 Å². The van der Waals surface area contributed by atoms with Crippen LogP contribution in [0.3, 0.4) is 0 Å². The Hall–Kier alpha value is -0.160. The molecule has 2 aliphatic rings. The van der Waals surface area contributed by atoms with Gasteiger partial charge in [-0.3, -0.25) is 0 Å². The molecule has 4 atom stereocenters. The first kappa shape index (κ1) is 16.2. The van der Waals surface area contributed by atoms with Crippen LogP contribution in [0, 0.1) is 5.92 Å². The Morgan fingerprint density at radius 2 is 1.85 bits per heavy atom. The molecule has 0 aromatic carbocycles. The molecule has 2 heterocycles. The van der Waals surface area contributed by atoms with E-state index in [1.54, 1.807) is 0 Å². The molecule has 4 nitrogen and oxygen atoms in total. The van der Waals surface area contributed by atoms with Crippen molar-refractivity contribution in [1.29, 1.82) is 0 Å². The maximum Gasteiger partial charge on any atom is 0.0790 e. The van der Waals surface area contributed by atoms with Gasteiger partial charge in [0.1, 0.15) is 0 Å². The first-order valence-corrected chi connectivity index (χ1v) is 7.88. The van der Waals surface area contributed by atoms with E-state index in [9.17, 15) is 0 Å². The number of nitrogens with zero attached hydrogens (tertiary/aromatic N) is 1. The Morgan fingerprint density at radius 3 is 2.35 bits per heavy atom. The summed E-state index contributed by atoms with van der Waals surface area (Å²) in [6.07, 6.45) is 1.48. The van der Waals surface area contributed by atoms with Gasteiger partial charge in [0.25, 0.3) is 0 Å². The minimum atomic E-state index is -0.123. The molecule has 0 radical (unpaired) electrons. The highest BCUT2D eigenvalue weighted by Gasteiger charge is 2.53. The zero-order chi connectivity index (χ0) is 15.1. The highest BCUT2D eigenvalue weighted by atomic mass is 16.5. The van der Waals surface area contributed by atoms with Crippen LogP contribution in [-0.4, -0.2) is 61.5 Å². The van der Waals surface area contributed by atoms with Crippen LogP contribution in [0.25, 0.3) is 0 Å². The molecule has 2 fully saturated rings. The zero-order valence-corrected chi connectivity index (χ0v) is 14.2. The molecule has 0 saturated carbocycles. The first-order chi connectivity index (χ1) is 9.19. The van der Waals surface area contributed by atoms with Crippen LogP contribution in [0.2, 0.25) is 0 Å². The highest BCUT2D eigenvalue weighted by Crippen LogP contribution is 2.42. The molecule has 4 heteroatoms. The zero-order valence-electron chi connectivity index (χ0n) is 14.2. The van der Waals surface area contributed by atoms with Gasteiger partial charge in [-0.15, -0.1) is 0 Å². The monoisotopic (exact) mass is 284 g/mol. The van der Waals surface area contributed by atoms with Gasteiger partial charge in [-0.2, -0.15) is 0 Å². The van der Waals surface area contributed by atoms with Gasteiger partial charge in [-0.1, -0.05) is 0 Å². The lowest BCUT2D eigenvalue weighted by atomic mass is 9.82. The van der Waals surface area contributed by atoms with Crippen LogP contribution in [0.1, 0.15) is 41.0 Å². The first-order valence-electron chi connectivity index (χ1n) is 7.88. The van der Waals surface area contributed by atoms with Crippen LogP contribution in [-0.2, 0) is 9.47 Å². The molecular weight excluding hydrogens is 252 g/mol. The predicted molar refractivity (Wildman–Crippen MR) is 82.0 cm³/mol. The molecule has 0 aromatic rings. The largest absolute Gasteiger partial charge is 0.377 e. The van der Waals surface area contributed by atoms with E-state index < -0.39 is 0 Å². The quantitative estimate of drug-likeness (QED) is 0.855. The van der Waals surface area contributed by atoms with Crippen molar-refractivity contribution in [2.24, 2.45) is 5.92 Å². The van der Waals surface area contributed by atoms with Crippen LogP contribution >= 0.6 is 0 Å². The Bertz CT molecular complexity index is 343. The van der Waals surface area contributed by atoms with Crippen LogP contribution in [0.4, 0.5) is 0 Å². The van der Waals surface area contributed by atoms with Gasteiger partial charge >= 0.3 is 0 Å². The van der Waals surface area contributed by atoms with Gasteiger partial charge in [0.2, 0.25) is 0 Å². The summed E-state index contributed by atoms with van der Waals surface area (Å²) in [4.78, 5) is 2.47. The van der Waals surface area contributed by atoms with E-state index in [-0.39, 0.29) is 11.2 Å². The summed E-state index contributed by atoms with van der Waals surface area (Å²) in [6.45, 7) is 12.9. The minimum Gasteiger partial charge on any atom is -0.377 e. The second-order valence-corrected chi connectivity index (χ2v) is 7.55. The van der Waals surface area contributed by atoms with Crippen molar-refractivity contribution in [2.75, 3.05) is 27.2 Å². The summed E-state index contributed by atoms with van der Waals surface area (Å²) >= 11 is 0. The smallest absolute Gasteiger partial charge is 0.0790 e. The standard InChI is InChI=1S/C16H32N2O2/c1-11-13(8-9-19-11)18(7)10-12-14(17-6)16(4,5)20-15(12,2)3/h11-14,17H,8-10H2,1-7H3. The van der Waals surface area contributed by atoms with Crippen molar-refractivity contribution >= 4 is 0 Å². The van der Waals surface area contributed by atoms with E-state index >= 15 is 0 Å². The minimum absolute atomic E-state index is 0.103. The molecule has 2 saturated heterocycles. The summed E-state index contributed by atoms with van der Waals surface area (Å²) in [7, 11) is 4.27. The Labute approximate surface area is 124 Å². The number of hydrogen-bond donors (Lipinski definition) is 1. The molecule has 1 N–H and O–H groups in total. The molecule has 2 rings (SSSR count). The summed E-state index contributed by atoms with van der Waals surface area (Å²) in [6, 6.07) is 0.907. The molecular formula is C16H32N2O2. The highest BCUT2D eigenvalue weighted by molar-refractivity contribution is 5.06. The number of ether oxygens (including phenoxy) is 2. The number of likely N-dealkylation sites (N-methyl/N-ethyl adjacent to an activating group) is 2. The fourth-order valence-corrected chi connectivity index (χ4v) is 4.32. The Morgan fingerprint density at radius 1 is 1.20 bits per heavy atom. The average molecular weight is 284 g/mol. The molecule has 0 aromatic heterocycles. The van der Waals surface area contributed by atoms with Crippen molar-refractivity contribution in [3.63, 3.8) is 0 Å². The van der Waals surface area contributed by atoms with Crippen molar-refractivity contribution in [3.8, 4) is 0 Å². The molecule has 4 unspecified atom stereocenters. The van der Waals surface area contributed by atoms with E-state index in [1.807, 2.05) is 7.05 Å². The summed E-state index contributed by atoms with van der Waals surface area (Å²) < 4.78 is 12.0. The average Bonchev–Trinajstić information content (AvgIpc) is 2.79. The third-order valence-corrected chi connectivity index (χ3v) is 5.27. The van der Waals surface area contributed by atoms with Gasteiger partial charge in [-0.25, -0.2) is 0 Å². The van der Waals surface area contributed by atoms with Gasteiger partial charge in [-0.05, 0) is 55.1 Å². The Balaban J connectivity index is 2.10. The SMILES string of the molecule is CNC1C(CN(C)C2CCOC2C)C(C)(C)OC1(C)C. The maximum absolute atomic E-state index is 6.32. The van der Waals surface area contributed by atoms with Crippen molar-refractivity contribution in [2.45, 2.75) is 70.4 Å². The second-order valence-electron chi connectivity index (χ2n) is 7.55. The molecule has 118 valence electrons. The number of hydrogen-bond acceptors (Lipinski definition) is 4. The number of nitrogens with one attached hydrogen (secondary N) is 1. The lowest BCUT2D eigenvalue weighted by Crippen LogP contribution is -2.51. The third-order valence-electron chi connectivity index (χ3n) is 5.27. The van der Waals surface area contributed by atoms with E-state index in [0.717, 1.165) is 19.6 Å². The van der Waals surface area contributed by atoms with Crippen molar-refractivity contribution in [3.05, 3.63) is 0 Å². The predicted octanol–water partition coefficient (Wildman–Crippen LogP) is 1.89. The normalized spacial score (nSPS) is 39.6. The van der Waals surface area contributed by atoms with E-state index in [0.29, 0.717) is 24.1 Å². The van der Waals surface area contributed by atoms with Gasteiger partial charge in [0.15, 0.2) is 0 Å². The van der Waals surface area contributed by atoms with E-state index in [1.165, 1.54) is 0 Å². The molecule has 2 aliphatic heterocycles. The summed E-state index contributed by atoms with van der Waals surface area (Å²) in [5, 5.41) is 3.48. The summed E-state index contributed by atoms with van der Waals surface area (Å²) in [5.74, 6) is 0.472. The molecule has 0 aliphatic carbocycles. The number of rotatable bonds is 4. The van der Waals surface area contributed by atoms with Crippen LogP contribution in [0.5, 0.6) is 0 Å². The molecule has 20 heavy (non-hydrogen) atoms. The van der Waals surface area contributed by atoms with Crippen molar-refractivity contribution in [1.82, 2.24) is 10.2 Å². The van der Waals surface area contributed by atoms with Crippen LogP contribution < -0.4 is 5.32 Å². The molecule has 0 amide bonds. The second kappa shape index (κ2) is 5.56. The maximum atomic E-state index is 6.32. The van der Waals surface area contributed by atoms with Gasteiger partial charge in [0, 0.05) is 31.2 Å². The molecule has 0 spiro atoms. The fourth-order valence-electron chi connectivity index (χ4n) is 4.32. The van der Waals surface area contributed by atoms with Crippen LogP contribution in [0.15, 0.2) is 0 Å². The van der Waals surface area contributed by atoms with Crippen molar-refractivity contribution < 1.29 is 9.47 Å². The van der Waals surface area contributed by atoms with E-state index in [2.05, 4.69) is 51.9 Å². The topological polar surface area (TPSA) is 33.7 Å². The van der Waals surface area contributed by atoms with E-state index in [4.69, 9.17) is 9.47 Å². The lowest BCUT2D eigenvalue weighted by Gasteiger charge is -2.35. The fraction of sp³-hybridized carbons (Fsp3) is 1.00. The molecule has 0 bridgehead atoms. The Kier molecular flexibility index (Phi) is 4.51. The lowest BCUT2D eigenvalue weighted by molar-refractivity contribution is -0.0800. The third kappa shape index (κ3) is 2.89.